The van der Waals surface area contributed by atoms with Gasteiger partial charge in [-0.3, -0.25) is 4.79 Å². The van der Waals surface area contributed by atoms with Gasteiger partial charge in [-0.2, -0.15) is 0 Å². The average molecular weight is 276 g/mol. The summed E-state index contributed by atoms with van der Waals surface area (Å²) in [6, 6.07) is 0. The van der Waals surface area contributed by atoms with Gasteiger partial charge in [-0.05, 0) is 13.8 Å². The molecule has 0 saturated heterocycles. The minimum Gasteiger partial charge on any atom is -0.382 e. The van der Waals surface area contributed by atoms with Crippen LogP contribution in [-0.4, -0.2) is 66.2 Å². The van der Waals surface area contributed by atoms with Crippen LogP contribution in [0.1, 0.15) is 13.8 Å². The number of hydrogen-bond acceptors (Lipinski definition) is 5. The van der Waals surface area contributed by atoms with Gasteiger partial charge in [-0.25, -0.2) is 0 Å². The van der Waals surface area contributed by atoms with Crippen LogP contribution in [0.2, 0.25) is 0 Å². The van der Waals surface area contributed by atoms with E-state index in [1.54, 1.807) is 14.2 Å². The standard InChI is InChI=1S/C13H28N2O4/c1-13(2,12(16)14-3)11-15-5-6-18-9-10-19-8-7-17-4/h15H,5-11H2,1-4H3,(H,14,16). The van der Waals surface area contributed by atoms with Gasteiger partial charge in [0.25, 0.3) is 0 Å². The second-order valence-electron chi connectivity index (χ2n) is 4.86. The number of methoxy groups -OCH3 is 1. The second-order valence-corrected chi connectivity index (χ2v) is 4.86. The third kappa shape index (κ3) is 9.84. The molecule has 0 atom stereocenters. The molecule has 0 aliphatic heterocycles. The monoisotopic (exact) mass is 276 g/mol. The average Bonchev–Trinajstić information content (AvgIpc) is 2.39. The molecule has 0 aliphatic rings. The first kappa shape index (κ1) is 18.3. The van der Waals surface area contributed by atoms with E-state index in [-0.39, 0.29) is 5.91 Å². The van der Waals surface area contributed by atoms with Crippen molar-refractivity contribution in [1.29, 1.82) is 0 Å². The molecule has 0 aromatic heterocycles. The summed E-state index contributed by atoms with van der Waals surface area (Å²) in [4.78, 5) is 11.5. The number of hydrogen-bond donors (Lipinski definition) is 2. The van der Waals surface area contributed by atoms with E-state index >= 15 is 0 Å². The van der Waals surface area contributed by atoms with Crippen LogP contribution >= 0.6 is 0 Å². The molecule has 6 heteroatoms. The minimum absolute atomic E-state index is 0.0347. The van der Waals surface area contributed by atoms with Gasteiger partial charge >= 0.3 is 0 Å². The van der Waals surface area contributed by atoms with Crippen LogP contribution in [-0.2, 0) is 19.0 Å². The zero-order chi connectivity index (χ0) is 14.6. The summed E-state index contributed by atoms with van der Waals surface area (Å²) in [5.41, 5.74) is -0.405. The Morgan fingerprint density at radius 3 is 2.21 bits per heavy atom. The molecule has 0 rings (SSSR count). The molecule has 2 N–H and O–H groups in total. The maximum absolute atomic E-state index is 11.5. The normalized spacial score (nSPS) is 11.6. The maximum atomic E-state index is 11.5. The van der Waals surface area contributed by atoms with Crippen LogP contribution < -0.4 is 10.6 Å². The first-order chi connectivity index (χ1) is 9.04. The molecule has 0 spiro atoms. The summed E-state index contributed by atoms with van der Waals surface area (Å²) in [7, 11) is 3.29. The van der Waals surface area contributed by atoms with Gasteiger partial charge in [0.1, 0.15) is 0 Å². The van der Waals surface area contributed by atoms with E-state index in [1.807, 2.05) is 13.8 Å². The van der Waals surface area contributed by atoms with Crippen molar-refractivity contribution in [3.05, 3.63) is 0 Å². The van der Waals surface area contributed by atoms with Crippen LogP contribution in [0.5, 0.6) is 0 Å². The molecule has 0 aliphatic carbocycles. The molecule has 19 heavy (non-hydrogen) atoms. The maximum Gasteiger partial charge on any atom is 0.226 e. The van der Waals surface area contributed by atoms with E-state index in [0.717, 1.165) is 6.54 Å². The number of amides is 1. The van der Waals surface area contributed by atoms with Gasteiger partial charge in [0.2, 0.25) is 5.91 Å². The number of rotatable bonds is 12. The topological polar surface area (TPSA) is 68.8 Å². The second kappa shape index (κ2) is 11.2. The third-order valence-electron chi connectivity index (χ3n) is 2.64. The lowest BCUT2D eigenvalue weighted by atomic mass is 9.92. The van der Waals surface area contributed by atoms with Crippen molar-refractivity contribution in [2.45, 2.75) is 13.8 Å². The Morgan fingerprint density at radius 2 is 1.63 bits per heavy atom. The van der Waals surface area contributed by atoms with Crippen molar-refractivity contribution in [3.8, 4) is 0 Å². The molecule has 6 nitrogen and oxygen atoms in total. The van der Waals surface area contributed by atoms with E-state index in [9.17, 15) is 4.79 Å². The number of ether oxygens (including phenoxy) is 3. The Kier molecular flexibility index (Phi) is 10.8. The molecule has 0 saturated carbocycles. The number of carbonyl (C=O) groups is 1. The van der Waals surface area contributed by atoms with Crippen molar-refractivity contribution in [1.82, 2.24) is 10.6 Å². The van der Waals surface area contributed by atoms with E-state index < -0.39 is 5.41 Å². The Balaban J connectivity index is 3.33. The first-order valence-corrected chi connectivity index (χ1v) is 6.62. The highest BCUT2D eigenvalue weighted by Crippen LogP contribution is 2.12. The van der Waals surface area contributed by atoms with E-state index in [1.165, 1.54) is 0 Å². The number of carbonyl (C=O) groups excluding carboxylic acids is 1. The highest BCUT2D eigenvalue weighted by Gasteiger charge is 2.25. The molecule has 0 unspecified atom stereocenters. The lowest BCUT2D eigenvalue weighted by Crippen LogP contribution is -2.42. The van der Waals surface area contributed by atoms with Crippen LogP contribution in [0.15, 0.2) is 0 Å². The lowest BCUT2D eigenvalue weighted by molar-refractivity contribution is -0.128. The Morgan fingerprint density at radius 1 is 1.05 bits per heavy atom. The Labute approximate surface area is 116 Å². The number of nitrogens with one attached hydrogen (secondary N) is 2. The fourth-order valence-electron chi connectivity index (χ4n) is 1.43. The van der Waals surface area contributed by atoms with Crippen LogP contribution in [0.25, 0.3) is 0 Å². The summed E-state index contributed by atoms with van der Waals surface area (Å²) in [6.45, 7) is 8.12. The molecule has 114 valence electrons. The van der Waals surface area contributed by atoms with E-state index in [4.69, 9.17) is 14.2 Å². The van der Waals surface area contributed by atoms with Crippen molar-refractivity contribution < 1.29 is 19.0 Å². The lowest BCUT2D eigenvalue weighted by Gasteiger charge is -2.22. The molecular formula is C13H28N2O4. The molecule has 0 aromatic carbocycles. The van der Waals surface area contributed by atoms with Gasteiger partial charge in [0, 0.05) is 27.2 Å². The summed E-state index contributed by atoms with van der Waals surface area (Å²) in [5.74, 6) is 0.0347. The van der Waals surface area contributed by atoms with Gasteiger partial charge in [-0.1, -0.05) is 0 Å². The van der Waals surface area contributed by atoms with Crippen LogP contribution in [0.3, 0.4) is 0 Å². The quantitative estimate of drug-likeness (QED) is 0.492. The van der Waals surface area contributed by atoms with Crippen molar-refractivity contribution in [3.63, 3.8) is 0 Å². The molecular weight excluding hydrogens is 248 g/mol. The summed E-state index contributed by atoms with van der Waals surface area (Å²) in [6.07, 6.45) is 0. The Hall–Kier alpha value is -0.690. The molecule has 0 bridgehead atoms. The van der Waals surface area contributed by atoms with Crippen LogP contribution in [0, 0.1) is 5.41 Å². The smallest absolute Gasteiger partial charge is 0.226 e. The van der Waals surface area contributed by atoms with Crippen molar-refractivity contribution in [2.75, 3.05) is 60.3 Å². The first-order valence-electron chi connectivity index (χ1n) is 6.62. The van der Waals surface area contributed by atoms with Crippen molar-refractivity contribution >= 4 is 5.91 Å². The fraction of sp³-hybridized carbons (Fsp3) is 0.923. The minimum atomic E-state index is -0.405. The van der Waals surface area contributed by atoms with Gasteiger partial charge in [0.05, 0.1) is 38.4 Å². The van der Waals surface area contributed by atoms with Crippen LogP contribution in [0.4, 0.5) is 0 Å². The highest BCUT2D eigenvalue weighted by atomic mass is 16.5. The largest absolute Gasteiger partial charge is 0.382 e. The summed E-state index contributed by atoms with van der Waals surface area (Å²) < 4.78 is 15.5. The predicted octanol–water partition coefficient (Wildman–Crippen LogP) is 0.0278. The van der Waals surface area contributed by atoms with Crippen molar-refractivity contribution in [2.24, 2.45) is 5.41 Å². The van der Waals surface area contributed by atoms with E-state index in [2.05, 4.69) is 10.6 Å². The zero-order valence-corrected chi connectivity index (χ0v) is 12.6. The zero-order valence-electron chi connectivity index (χ0n) is 12.6. The Bertz CT molecular complexity index is 235. The SMILES string of the molecule is CNC(=O)C(C)(C)CNCCOCCOCCOC. The highest BCUT2D eigenvalue weighted by molar-refractivity contribution is 5.81. The van der Waals surface area contributed by atoms with Gasteiger partial charge in [0.15, 0.2) is 0 Å². The predicted molar refractivity (Wildman–Crippen MR) is 74.2 cm³/mol. The molecule has 0 radical (unpaired) electrons. The fourth-order valence-corrected chi connectivity index (χ4v) is 1.43. The van der Waals surface area contributed by atoms with Gasteiger partial charge < -0.3 is 24.8 Å². The summed E-state index contributed by atoms with van der Waals surface area (Å²) in [5, 5.41) is 5.86. The van der Waals surface area contributed by atoms with E-state index in [0.29, 0.717) is 39.6 Å². The van der Waals surface area contributed by atoms with Gasteiger partial charge in [-0.15, -0.1) is 0 Å². The molecule has 0 fully saturated rings. The third-order valence-corrected chi connectivity index (χ3v) is 2.64. The molecule has 0 heterocycles. The molecule has 0 aromatic rings. The summed E-state index contributed by atoms with van der Waals surface area (Å²) >= 11 is 0. The molecule has 1 amide bonds.